The molecule has 2 heterocycles. The Kier molecular flexibility index (Phi) is 4.73. The highest BCUT2D eigenvalue weighted by atomic mass is 32.2. The number of carbonyl (C=O) groups excluding carboxylic acids is 1. The first-order chi connectivity index (χ1) is 11.2. The normalized spacial score (nSPS) is 22.3. The van der Waals surface area contributed by atoms with Crippen LogP contribution in [0.15, 0.2) is 47.4 Å². The van der Waals surface area contributed by atoms with Crippen LogP contribution in [-0.4, -0.2) is 34.4 Å². The summed E-state index contributed by atoms with van der Waals surface area (Å²) in [5.41, 5.74) is 1.10. The fourth-order valence-electron chi connectivity index (χ4n) is 2.64. The highest BCUT2D eigenvalue weighted by Crippen LogP contribution is 2.37. The van der Waals surface area contributed by atoms with Crippen LogP contribution in [0, 0.1) is 0 Å². The lowest BCUT2D eigenvalue weighted by molar-refractivity contribution is -0.122. The van der Waals surface area contributed by atoms with Crippen molar-refractivity contribution in [3.63, 3.8) is 0 Å². The van der Waals surface area contributed by atoms with Crippen LogP contribution in [0.4, 0.5) is 5.69 Å². The van der Waals surface area contributed by atoms with Gasteiger partial charge in [-0.05, 0) is 38.1 Å². The van der Waals surface area contributed by atoms with Crippen LogP contribution in [0.3, 0.4) is 0 Å². The van der Waals surface area contributed by atoms with Gasteiger partial charge in [-0.1, -0.05) is 42.2 Å². The number of benzene rings is 1. The Morgan fingerprint density at radius 2 is 2.09 bits per heavy atom. The Bertz CT molecular complexity index is 700. The van der Waals surface area contributed by atoms with E-state index in [0.717, 1.165) is 18.0 Å². The number of ether oxygens (including phenoxy) is 1. The first kappa shape index (κ1) is 16.1. The number of amides is 1. The molecule has 0 radical (unpaired) electrons. The van der Waals surface area contributed by atoms with Crippen LogP contribution in [0.5, 0.6) is 5.75 Å². The zero-order valence-corrected chi connectivity index (χ0v) is 14.7. The molecule has 0 N–H and O–H groups in total. The quantitative estimate of drug-likeness (QED) is 0.615. The van der Waals surface area contributed by atoms with Crippen LogP contribution in [0.25, 0.3) is 0 Å². The lowest BCUT2D eigenvalue weighted by Crippen LogP contribution is -2.32. The minimum atomic E-state index is -0.148. The summed E-state index contributed by atoms with van der Waals surface area (Å²) in [4.78, 5) is 16.6. The van der Waals surface area contributed by atoms with E-state index in [1.165, 1.54) is 11.8 Å². The number of carbonyl (C=O) groups is 1. The smallest absolute Gasteiger partial charge is 0.266 e. The van der Waals surface area contributed by atoms with Gasteiger partial charge in [-0.15, -0.1) is 0 Å². The average molecular weight is 346 g/mol. The third-order valence-electron chi connectivity index (χ3n) is 3.78. The van der Waals surface area contributed by atoms with Gasteiger partial charge in [0, 0.05) is 13.1 Å². The number of hydrogen-bond donors (Lipinski definition) is 0. The molecule has 3 rings (SSSR count). The summed E-state index contributed by atoms with van der Waals surface area (Å²) >= 11 is 6.55. The predicted molar refractivity (Wildman–Crippen MR) is 98.7 cm³/mol. The molecule has 0 saturated carbocycles. The third kappa shape index (κ3) is 3.01. The molecule has 2 aliphatic heterocycles. The Hall–Kier alpha value is -1.79. The number of thioether (sulfide) groups is 1. The molecule has 0 bridgehead atoms. The average Bonchev–Trinajstić information content (AvgIpc) is 3.04. The molecule has 120 valence electrons. The van der Waals surface area contributed by atoms with Gasteiger partial charge in [0.1, 0.15) is 10.1 Å². The highest BCUT2D eigenvalue weighted by Gasteiger charge is 2.30. The molecule has 2 aliphatic rings. The van der Waals surface area contributed by atoms with Gasteiger partial charge in [-0.3, -0.25) is 9.69 Å². The van der Waals surface area contributed by atoms with Crippen LogP contribution in [0.2, 0.25) is 0 Å². The SMILES string of the molecule is CCN1C(=O)C(=CC=CC2Oc3ccccc3N2CC)SC1=S. The molecule has 1 fully saturated rings. The Balaban J connectivity index is 1.73. The second-order valence-corrected chi connectivity index (χ2v) is 6.77. The first-order valence-corrected chi connectivity index (χ1v) is 8.82. The van der Waals surface area contributed by atoms with E-state index in [-0.39, 0.29) is 12.1 Å². The van der Waals surface area contributed by atoms with E-state index in [2.05, 4.69) is 17.9 Å². The molecule has 1 unspecified atom stereocenters. The first-order valence-electron chi connectivity index (χ1n) is 7.60. The van der Waals surface area contributed by atoms with Gasteiger partial charge in [0.25, 0.3) is 5.91 Å². The lowest BCUT2D eigenvalue weighted by atomic mass is 10.3. The van der Waals surface area contributed by atoms with E-state index in [0.29, 0.717) is 15.8 Å². The number of likely N-dealkylation sites (N-methyl/N-ethyl adjacent to an activating group) is 2. The van der Waals surface area contributed by atoms with Gasteiger partial charge in [0.2, 0.25) is 0 Å². The minimum Gasteiger partial charge on any atom is -0.465 e. The van der Waals surface area contributed by atoms with E-state index in [1.807, 2.05) is 43.4 Å². The molecule has 0 spiro atoms. The van der Waals surface area contributed by atoms with Crippen molar-refractivity contribution in [2.24, 2.45) is 0 Å². The Morgan fingerprint density at radius 3 is 2.78 bits per heavy atom. The molecule has 1 amide bonds. The molecular weight excluding hydrogens is 328 g/mol. The van der Waals surface area contributed by atoms with Gasteiger partial charge < -0.3 is 9.64 Å². The maximum Gasteiger partial charge on any atom is 0.266 e. The second-order valence-electron chi connectivity index (χ2n) is 5.10. The molecule has 23 heavy (non-hydrogen) atoms. The van der Waals surface area contributed by atoms with Crippen LogP contribution in [-0.2, 0) is 4.79 Å². The molecule has 1 aromatic carbocycles. The van der Waals surface area contributed by atoms with Crippen molar-refractivity contribution in [1.29, 1.82) is 0 Å². The van der Waals surface area contributed by atoms with E-state index in [1.54, 1.807) is 4.90 Å². The van der Waals surface area contributed by atoms with Crippen LogP contribution >= 0.6 is 24.0 Å². The number of anilines is 1. The highest BCUT2D eigenvalue weighted by molar-refractivity contribution is 8.26. The maximum atomic E-state index is 12.1. The number of hydrogen-bond acceptors (Lipinski definition) is 5. The summed E-state index contributed by atoms with van der Waals surface area (Å²) in [6.07, 6.45) is 5.50. The zero-order chi connectivity index (χ0) is 16.4. The topological polar surface area (TPSA) is 32.8 Å². The molecule has 1 atom stereocenters. The summed E-state index contributed by atoms with van der Waals surface area (Å²) < 4.78 is 6.57. The molecule has 0 aliphatic carbocycles. The third-order valence-corrected chi connectivity index (χ3v) is 5.18. The van der Waals surface area contributed by atoms with Crippen LogP contribution in [0.1, 0.15) is 13.8 Å². The predicted octanol–water partition coefficient (Wildman–Crippen LogP) is 3.55. The molecule has 4 nitrogen and oxygen atoms in total. The van der Waals surface area contributed by atoms with Gasteiger partial charge in [0.05, 0.1) is 10.6 Å². The van der Waals surface area contributed by atoms with E-state index >= 15 is 0 Å². The van der Waals surface area contributed by atoms with Gasteiger partial charge >= 0.3 is 0 Å². The van der Waals surface area contributed by atoms with Crippen molar-refractivity contribution >= 4 is 39.9 Å². The number of nitrogens with zero attached hydrogens (tertiary/aromatic N) is 2. The Morgan fingerprint density at radius 1 is 1.30 bits per heavy atom. The zero-order valence-electron chi connectivity index (χ0n) is 13.1. The van der Waals surface area contributed by atoms with Crippen molar-refractivity contribution < 1.29 is 9.53 Å². The van der Waals surface area contributed by atoms with Crippen molar-refractivity contribution in [3.05, 3.63) is 47.4 Å². The van der Waals surface area contributed by atoms with Gasteiger partial charge in [-0.2, -0.15) is 0 Å². The molecule has 1 saturated heterocycles. The molecule has 0 aromatic heterocycles. The number of rotatable bonds is 4. The van der Waals surface area contributed by atoms with Crippen molar-refractivity contribution in [1.82, 2.24) is 4.90 Å². The van der Waals surface area contributed by atoms with E-state index in [4.69, 9.17) is 17.0 Å². The maximum absolute atomic E-state index is 12.1. The molecule has 1 aromatic rings. The fourth-order valence-corrected chi connectivity index (χ4v) is 3.98. The summed E-state index contributed by atoms with van der Waals surface area (Å²) in [5.74, 6) is 0.872. The number of thiocarbonyl (C=S) groups is 1. The number of para-hydroxylation sites is 2. The van der Waals surface area contributed by atoms with Gasteiger partial charge in [-0.25, -0.2) is 0 Å². The van der Waals surface area contributed by atoms with E-state index < -0.39 is 0 Å². The lowest BCUT2D eigenvalue weighted by Gasteiger charge is -2.20. The van der Waals surface area contributed by atoms with Crippen LogP contribution < -0.4 is 9.64 Å². The monoisotopic (exact) mass is 346 g/mol. The molecule has 6 heteroatoms. The summed E-state index contributed by atoms with van der Waals surface area (Å²) in [6, 6.07) is 8.00. The second kappa shape index (κ2) is 6.76. The number of fused-ring (bicyclic) bond motifs is 1. The standard InChI is InChI=1S/C17H18N2O2S2/c1-3-18-12-8-5-6-9-13(12)21-15(18)11-7-10-14-16(20)19(4-2)17(22)23-14/h5-11,15H,3-4H2,1-2H3. The van der Waals surface area contributed by atoms with Crippen molar-refractivity contribution in [3.8, 4) is 5.75 Å². The molecular formula is C17H18N2O2S2. The summed E-state index contributed by atoms with van der Waals surface area (Å²) in [6.45, 7) is 5.48. The Labute approximate surface area is 145 Å². The summed E-state index contributed by atoms with van der Waals surface area (Å²) in [5, 5.41) is 0. The van der Waals surface area contributed by atoms with Crippen molar-refractivity contribution in [2.45, 2.75) is 20.1 Å². The number of allylic oxidation sites excluding steroid dienone is 2. The summed E-state index contributed by atoms with van der Waals surface area (Å²) in [7, 11) is 0. The van der Waals surface area contributed by atoms with E-state index in [9.17, 15) is 4.79 Å². The van der Waals surface area contributed by atoms with Gasteiger partial charge in [0.15, 0.2) is 6.23 Å². The minimum absolute atomic E-state index is 0.0184. The van der Waals surface area contributed by atoms with Crippen molar-refractivity contribution in [2.75, 3.05) is 18.0 Å². The fraction of sp³-hybridized carbons (Fsp3) is 0.294. The largest absolute Gasteiger partial charge is 0.465 e.